The zero-order valence-corrected chi connectivity index (χ0v) is 12.6. The molecule has 0 amide bonds. The van der Waals surface area contributed by atoms with Crippen LogP contribution in [0.5, 0.6) is 0 Å². The predicted octanol–water partition coefficient (Wildman–Crippen LogP) is 3.44. The summed E-state index contributed by atoms with van der Waals surface area (Å²) in [4.78, 5) is 12.0. The Morgan fingerprint density at radius 2 is 1.70 bits per heavy atom. The third kappa shape index (κ3) is 4.14. The van der Waals surface area contributed by atoms with Gasteiger partial charge in [-0.05, 0) is 19.4 Å². The Hall–Kier alpha value is -1.74. The number of aryl methyl sites for hydroxylation is 2. The van der Waals surface area contributed by atoms with E-state index in [1.807, 2.05) is 50.2 Å². The van der Waals surface area contributed by atoms with Gasteiger partial charge in [-0.2, -0.15) is 0 Å². The van der Waals surface area contributed by atoms with Crippen molar-refractivity contribution in [2.45, 2.75) is 19.6 Å². The van der Waals surface area contributed by atoms with Gasteiger partial charge in [-0.3, -0.25) is 9.00 Å². The molecule has 0 N–H and O–H groups in total. The molecule has 2 nitrogen and oxygen atoms in total. The van der Waals surface area contributed by atoms with E-state index in [-0.39, 0.29) is 11.5 Å². The third-order valence-electron chi connectivity index (χ3n) is 3.08. The van der Waals surface area contributed by atoms with Crippen LogP contribution in [-0.4, -0.2) is 15.7 Å². The Morgan fingerprint density at radius 1 is 1.00 bits per heavy atom. The molecule has 2 aromatic rings. The summed E-state index contributed by atoms with van der Waals surface area (Å²) in [5.41, 5.74) is 3.90. The lowest BCUT2D eigenvalue weighted by Crippen LogP contribution is -2.12. The summed E-state index contributed by atoms with van der Waals surface area (Å²) in [5.74, 6) is 0.451. The van der Waals surface area contributed by atoms with Crippen LogP contribution in [0.3, 0.4) is 0 Å². The van der Waals surface area contributed by atoms with E-state index >= 15 is 0 Å². The summed E-state index contributed by atoms with van der Waals surface area (Å²) >= 11 is 0. The Bertz CT molecular complexity index is 630. The lowest BCUT2D eigenvalue weighted by Gasteiger charge is -2.04. The summed E-state index contributed by atoms with van der Waals surface area (Å²) in [7, 11) is -1.16. The largest absolute Gasteiger partial charge is 0.293 e. The van der Waals surface area contributed by atoms with E-state index in [1.165, 1.54) is 0 Å². The van der Waals surface area contributed by atoms with Crippen LogP contribution in [0.4, 0.5) is 0 Å². The van der Waals surface area contributed by atoms with Gasteiger partial charge in [-0.15, -0.1) is 0 Å². The second kappa shape index (κ2) is 6.62. The Labute approximate surface area is 122 Å². The average molecular weight is 286 g/mol. The first-order chi connectivity index (χ1) is 9.54. The van der Waals surface area contributed by atoms with Crippen molar-refractivity contribution < 1.29 is 9.00 Å². The van der Waals surface area contributed by atoms with E-state index in [1.54, 1.807) is 12.1 Å². The number of carbonyl (C=O) groups excluding carboxylic acids is 1. The number of hydrogen-bond acceptors (Lipinski definition) is 2. The summed E-state index contributed by atoms with van der Waals surface area (Å²) in [5, 5.41) is 0. The van der Waals surface area contributed by atoms with E-state index in [9.17, 15) is 9.00 Å². The molecule has 104 valence electrons. The first-order valence-corrected chi connectivity index (χ1v) is 8.04. The maximum Gasteiger partial charge on any atom is 0.175 e. The SMILES string of the molecule is Cc1ccc(C(=O)CS(=O)Cc2cccc(C)c2)cc1. The van der Waals surface area contributed by atoms with Gasteiger partial charge >= 0.3 is 0 Å². The molecule has 0 aliphatic rings. The van der Waals surface area contributed by atoms with Crippen LogP contribution < -0.4 is 0 Å². The molecule has 1 atom stereocenters. The van der Waals surface area contributed by atoms with Gasteiger partial charge in [0.15, 0.2) is 5.78 Å². The first-order valence-electron chi connectivity index (χ1n) is 6.55. The third-order valence-corrected chi connectivity index (χ3v) is 4.32. The first kappa shape index (κ1) is 14.7. The molecule has 2 rings (SSSR count). The van der Waals surface area contributed by atoms with Crippen LogP contribution in [-0.2, 0) is 16.6 Å². The fourth-order valence-electron chi connectivity index (χ4n) is 2.01. The molecule has 0 radical (unpaired) electrons. The molecule has 0 spiro atoms. The van der Waals surface area contributed by atoms with Crippen molar-refractivity contribution in [3.63, 3.8) is 0 Å². The highest BCUT2D eigenvalue weighted by molar-refractivity contribution is 7.85. The molecule has 3 heteroatoms. The number of rotatable bonds is 5. The van der Waals surface area contributed by atoms with Gasteiger partial charge in [0.05, 0.1) is 5.75 Å². The fourth-order valence-corrected chi connectivity index (χ4v) is 3.12. The smallest absolute Gasteiger partial charge is 0.175 e. The van der Waals surface area contributed by atoms with Gasteiger partial charge in [0.2, 0.25) is 0 Å². The Balaban J connectivity index is 1.97. The van der Waals surface area contributed by atoms with Crippen LogP contribution in [0.1, 0.15) is 27.0 Å². The van der Waals surface area contributed by atoms with Crippen LogP contribution in [0.25, 0.3) is 0 Å². The van der Waals surface area contributed by atoms with Crippen molar-refractivity contribution in [2.24, 2.45) is 0 Å². The minimum Gasteiger partial charge on any atom is -0.293 e. The molecule has 0 fully saturated rings. The van der Waals surface area contributed by atoms with Crippen LogP contribution in [0.2, 0.25) is 0 Å². The highest BCUT2D eigenvalue weighted by atomic mass is 32.2. The van der Waals surface area contributed by atoms with E-state index in [2.05, 4.69) is 0 Å². The van der Waals surface area contributed by atoms with Gasteiger partial charge in [-0.25, -0.2) is 0 Å². The topological polar surface area (TPSA) is 34.1 Å². The number of Topliss-reactive ketones (excluding diaryl/α,β-unsaturated/α-hetero) is 1. The molecule has 0 saturated carbocycles. The number of hydrogen-bond donors (Lipinski definition) is 0. The van der Waals surface area contributed by atoms with Gasteiger partial charge in [0, 0.05) is 22.1 Å². The quantitative estimate of drug-likeness (QED) is 0.789. The average Bonchev–Trinajstić information content (AvgIpc) is 2.39. The monoisotopic (exact) mass is 286 g/mol. The van der Waals surface area contributed by atoms with Crippen molar-refractivity contribution in [1.82, 2.24) is 0 Å². The van der Waals surface area contributed by atoms with Crippen molar-refractivity contribution in [2.75, 3.05) is 5.75 Å². The van der Waals surface area contributed by atoms with Gasteiger partial charge in [-0.1, -0.05) is 59.7 Å². The van der Waals surface area contributed by atoms with Gasteiger partial charge in [0.1, 0.15) is 0 Å². The van der Waals surface area contributed by atoms with Gasteiger partial charge in [0.25, 0.3) is 0 Å². The van der Waals surface area contributed by atoms with Crippen molar-refractivity contribution in [3.8, 4) is 0 Å². The van der Waals surface area contributed by atoms with E-state index in [0.717, 1.165) is 16.7 Å². The lowest BCUT2D eigenvalue weighted by molar-refractivity contribution is 0.102. The van der Waals surface area contributed by atoms with Crippen LogP contribution in [0.15, 0.2) is 48.5 Å². The molecular formula is C17H18O2S. The minimum absolute atomic E-state index is 0.0593. The molecule has 0 bridgehead atoms. The van der Waals surface area contributed by atoms with Crippen molar-refractivity contribution in [3.05, 3.63) is 70.8 Å². The predicted molar refractivity (Wildman–Crippen MR) is 83.4 cm³/mol. The zero-order valence-electron chi connectivity index (χ0n) is 11.8. The van der Waals surface area contributed by atoms with Crippen molar-refractivity contribution >= 4 is 16.6 Å². The Morgan fingerprint density at radius 3 is 2.35 bits per heavy atom. The summed E-state index contributed by atoms with van der Waals surface area (Å²) in [6.45, 7) is 3.98. The summed E-state index contributed by atoms with van der Waals surface area (Å²) in [6.07, 6.45) is 0. The molecule has 0 aromatic heterocycles. The highest BCUT2D eigenvalue weighted by Gasteiger charge is 2.11. The number of ketones is 1. The summed E-state index contributed by atoms with van der Waals surface area (Å²) in [6, 6.07) is 15.3. The van der Waals surface area contributed by atoms with Gasteiger partial charge < -0.3 is 0 Å². The standard InChI is InChI=1S/C17H18O2S/c1-13-6-8-16(9-7-13)17(18)12-20(19)11-15-5-3-4-14(2)10-15/h3-10H,11-12H2,1-2H3. The molecular weight excluding hydrogens is 268 g/mol. The normalized spacial score (nSPS) is 12.1. The van der Waals surface area contributed by atoms with Crippen molar-refractivity contribution in [1.29, 1.82) is 0 Å². The zero-order chi connectivity index (χ0) is 14.5. The summed E-state index contributed by atoms with van der Waals surface area (Å²) < 4.78 is 12.1. The number of carbonyl (C=O) groups is 1. The van der Waals surface area contributed by atoms with E-state index in [4.69, 9.17) is 0 Å². The Kier molecular flexibility index (Phi) is 4.85. The van der Waals surface area contributed by atoms with E-state index in [0.29, 0.717) is 11.3 Å². The lowest BCUT2D eigenvalue weighted by atomic mass is 10.1. The molecule has 0 heterocycles. The fraction of sp³-hybridized carbons (Fsp3) is 0.235. The van der Waals surface area contributed by atoms with Crippen LogP contribution >= 0.6 is 0 Å². The highest BCUT2D eigenvalue weighted by Crippen LogP contribution is 2.09. The second-order valence-electron chi connectivity index (χ2n) is 5.01. The maximum atomic E-state index is 12.1. The van der Waals surface area contributed by atoms with Crippen LogP contribution in [0, 0.1) is 13.8 Å². The molecule has 20 heavy (non-hydrogen) atoms. The molecule has 0 saturated heterocycles. The second-order valence-corrected chi connectivity index (χ2v) is 6.46. The minimum atomic E-state index is -1.16. The molecule has 0 aliphatic carbocycles. The van der Waals surface area contributed by atoms with E-state index < -0.39 is 10.8 Å². The molecule has 1 unspecified atom stereocenters. The molecule has 0 aliphatic heterocycles. The maximum absolute atomic E-state index is 12.1. The molecule has 2 aromatic carbocycles. The number of benzene rings is 2.